The number of nitrogens with one attached hydrogen (secondary N) is 2. The third-order valence-electron chi connectivity index (χ3n) is 10.4. The van der Waals surface area contributed by atoms with Gasteiger partial charge in [-0.25, -0.2) is 9.71 Å². The first-order valence-electron chi connectivity index (χ1n) is 17.5. The van der Waals surface area contributed by atoms with Crippen molar-refractivity contribution >= 4 is 66.0 Å². The number of hydrogen-bond donors (Lipinski definition) is 2. The second kappa shape index (κ2) is 13.9. The van der Waals surface area contributed by atoms with Gasteiger partial charge in [0, 0.05) is 60.4 Å². The molecule has 0 radical (unpaired) electrons. The summed E-state index contributed by atoms with van der Waals surface area (Å²) in [4.78, 5) is 20.8. The van der Waals surface area contributed by atoms with Gasteiger partial charge < -0.3 is 19.5 Å². The van der Waals surface area contributed by atoms with Gasteiger partial charge in [-0.05, 0) is 82.6 Å². The fraction of sp³-hybridized carbons (Fsp3) is 0.514. The van der Waals surface area contributed by atoms with E-state index in [-0.39, 0.29) is 5.56 Å². The van der Waals surface area contributed by atoms with E-state index in [4.69, 9.17) is 37.4 Å². The van der Waals surface area contributed by atoms with Crippen molar-refractivity contribution in [2.24, 2.45) is 0 Å². The molecule has 5 heterocycles. The number of benzene rings is 2. The van der Waals surface area contributed by atoms with Crippen LogP contribution in [0, 0.1) is 0 Å². The number of hydrogen-bond acceptors (Lipinski definition) is 10. The molecule has 11 nitrogen and oxygen atoms in total. The SMILES string of the molecule is CCOc1cc(C(=O)NS(=O)(=O)N2CCCCC2)cc2sc(N3C4CCC3CC(NCc3c(-c5c(Cl)cccc5Cl)noc3C3CC3)C4)nc12. The molecule has 4 aromatic rings. The van der Waals surface area contributed by atoms with Gasteiger partial charge in [0.25, 0.3) is 5.91 Å². The molecule has 1 saturated carbocycles. The van der Waals surface area contributed by atoms with E-state index in [1.807, 2.05) is 25.1 Å². The standard InChI is InChI=1S/C35H40Cl2N6O5S2/c1-2-47-28-15-21(34(44)41-50(45,46)42-13-4-3-5-14-42)16-29-32(28)39-35(49-29)43-23-11-12-24(43)18-22(17-23)38-19-25-31(40-48-33(25)20-9-10-20)30-26(36)7-6-8-27(30)37/h6-8,15-16,20,22-24,38H,2-5,9-14,17-19H2,1H3,(H,41,44). The summed E-state index contributed by atoms with van der Waals surface area (Å²) in [5.74, 6) is 1.13. The van der Waals surface area contributed by atoms with E-state index in [1.165, 1.54) is 15.6 Å². The summed E-state index contributed by atoms with van der Waals surface area (Å²) < 4.78 is 42.2. The Kier molecular flexibility index (Phi) is 9.49. The molecule has 3 aliphatic heterocycles. The number of piperidine rings is 2. The zero-order valence-corrected chi connectivity index (χ0v) is 30.9. The second-order valence-electron chi connectivity index (χ2n) is 13.7. The number of amides is 1. The van der Waals surface area contributed by atoms with Gasteiger partial charge in [-0.15, -0.1) is 0 Å². The molecular weight excluding hydrogens is 719 g/mol. The maximum absolute atomic E-state index is 13.3. The lowest BCUT2D eigenvalue weighted by atomic mass is 9.97. The van der Waals surface area contributed by atoms with E-state index in [0.717, 1.165) is 78.9 Å². The number of aromatic nitrogens is 2. The lowest BCUT2D eigenvalue weighted by molar-refractivity contribution is 0.0978. The van der Waals surface area contributed by atoms with Gasteiger partial charge in [0.15, 0.2) is 5.13 Å². The van der Waals surface area contributed by atoms with Crippen molar-refractivity contribution in [2.45, 2.75) is 95.3 Å². The molecular formula is C35H40Cl2N6O5S2. The average molecular weight is 760 g/mol. The van der Waals surface area contributed by atoms with Crippen molar-refractivity contribution in [3.05, 3.63) is 57.3 Å². The highest BCUT2D eigenvalue weighted by Crippen LogP contribution is 2.47. The molecule has 4 fully saturated rings. The van der Waals surface area contributed by atoms with Crippen molar-refractivity contribution < 1.29 is 22.5 Å². The number of halogens is 2. The Labute approximate surface area is 305 Å². The molecule has 8 rings (SSSR count). The number of ether oxygens (including phenoxy) is 1. The van der Waals surface area contributed by atoms with Crippen LogP contribution in [-0.4, -0.2) is 66.6 Å². The van der Waals surface area contributed by atoms with Crippen molar-refractivity contribution in [2.75, 3.05) is 24.6 Å². The summed E-state index contributed by atoms with van der Waals surface area (Å²) in [6, 6.07) is 9.74. The fourth-order valence-electron chi connectivity index (χ4n) is 7.82. The van der Waals surface area contributed by atoms with Gasteiger partial charge in [-0.1, -0.05) is 52.2 Å². The molecule has 0 spiro atoms. The van der Waals surface area contributed by atoms with E-state index < -0.39 is 16.1 Å². The molecule has 2 aromatic carbocycles. The van der Waals surface area contributed by atoms with Crippen molar-refractivity contribution in [1.82, 2.24) is 24.5 Å². The van der Waals surface area contributed by atoms with Gasteiger partial charge in [0.05, 0.1) is 21.4 Å². The van der Waals surface area contributed by atoms with E-state index >= 15 is 0 Å². The van der Waals surface area contributed by atoms with Crippen LogP contribution in [0.5, 0.6) is 5.75 Å². The Hall–Kier alpha value is -2.94. The lowest BCUT2D eigenvalue weighted by Crippen LogP contribution is -2.49. The van der Waals surface area contributed by atoms with Gasteiger partial charge >= 0.3 is 10.2 Å². The van der Waals surface area contributed by atoms with Crippen LogP contribution in [0.3, 0.4) is 0 Å². The van der Waals surface area contributed by atoms with Gasteiger partial charge in [-0.2, -0.15) is 12.7 Å². The van der Waals surface area contributed by atoms with Gasteiger partial charge in [-0.3, -0.25) is 4.79 Å². The molecule has 1 amide bonds. The molecule has 1 aliphatic carbocycles. The van der Waals surface area contributed by atoms with E-state index in [0.29, 0.717) is 82.9 Å². The van der Waals surface area contributed by atoms with E-state index in [1.54, 1.807) is 12.1 Å². The van der Waals surface area contributed by atoms with E-state index in [2.05, 4.69) is 20.1 Å². The molecule has 2 bridgehead atoms. The molecule has 2 atom stereocenters. The molecule has 2 N–H and O–H groups in total. The van der Waals surface area contributed by atoms with Crippen LogP contribution >= 0.6 is 34.5 Å². The molecule has 15 heteroatoms. The smallest absolute Gasteiger partial charge is 0.304 e. The summed E-state index contributed by atoms with van der Waals surface area (Å²) in [5, 5.41) is 10.3. The maximum Gasteiger partial charge on any atom is 0.304 e. The number of nitrogens with zero attached hydrogens (tertiary/aromatic N) is 4. The topological polar surface area (TPSA) is 130 Å². The number of thiazole rings is 1. The van der Waals surface area contributed by atoms with Crippen LogP contribution in [0.4, 0.5) is 5.13 Å². The molecule has 2 unspecified atom stereocenters. The maximum atomic E-state index is 13.3. The van der Waals surface area contributed by atoms with Gasteiger partial charge in [0.1, 0.15) is 22.7 Å². The monoisotopic (exact) mass is 758 g/mol. The minimum absolute atomic E-state index is 0.236. The first kappa shape index (κ1) is 34.2. The molecule has 50 heavy (non-hydrogen) atoms. The number of carbonyl (C=O) groups excluding carboxylic acids is 1. The first-order chi connectivity index (χ1) is 24.2. The minimum Gasteiger partial charge on any atom is -0.492 e. The lowest BCUT2D eigenvalue weighted by Gasteiger charge is -2.39. The highest BCUT2D eigenvalue weighted by Gasteiger charge is 2.43. The normalized spacial score (nSPS) is 22.7. The van der Waals surface area contributed by atoms with Crippen LogP contribution < -0.4 is 19.7 Å². The van der Waals surface area contributed by atoms with Crippen molar-refractivity contribution in [3.63, 3.8) is 0 Å². The summed E-state index contributed by atoms with van der Waals surface area (Å²) in [6.45, 7) is 3.72. The highest BCUT2D eigenvalue weighted by molar-refractivity contribution is 7.87. The van der Waals surface area contributed by atoms with Crippen LogP contribution in [0.2, 0.25) is 10.0 Å². The van der Waals surface area contributed by atoms with Crippen LogP contribution in [0.1, 0.15) is 92.3 Å². The third kappa shape index (κ3) is 6.61. The van der Waals surface area contributed by atoms with Crippen molar-refractivity contribution in [3.8, 4) is 17.0 Å². The number of anilines is 1. The van der Waals surface area contributed by atoms with Crippen molar-refractivity contribution in [1.29, 1.82) is 0 Å². The number of rotatable bonds is 11. The largest absolute Gasteiger partial charge is 0.492 e. The van der Waals surface area contributed by atoms with E-state index in [9.17, 15) is 13.2 Å². The summed E-state index contributed by atoms with van der Waals surface area (Å²) in [7, 11) is -3.93. The predicted octanol–water partition coefficient (Wildman–Crippen LogP) is 7.28. The van der Waals surface area contributed by atoms with Gasteiger partial charge in [0.2, 0.25) is 0 Å². The second-order valence-corrected chi connectivity index (χ2v) is 17.2. The zero-order valence-electron chi connectivity index (χ0n) is 27.8. The molecule has 3 saturated heterocycles. The number of fused-ring (bicyclic) bond motifs is 3. The molecule has 4 aliphatic rings. The first-order valence-corrected chi connectivity index (χ1v) is 20.6. The fourth-order valence-corrected chi connectivity index (χ4v) is 10.8. The predicted molar refractivity (Wildman–Crippen MR) is 196 cm³/mol. The molecule has 266 valence electrons. The summed E-state index contributed by atoms with van der Waals surface area (Å²) >= 11 is 14.7. The summed E-state index contributed by atoms with van der Waals surface area (Å²) in [6.07, 6.45) is 8.81. The Morgan fingerprint density at radius 2 is 1.78 bits per heavy atom. The van der Waals surface area contributed by atoms with Crippen LogP contribution in [0.25, 0.3) is 21.5 Å². The minimum atomic E-state index is -3.93. The average Bonchev–Trinajstić information content (AvgIpc) is 3.62. The summed E-state index contributed by atoms with van der Waals surface area (Å²) in [5.41, 5.74) is 3.39. The third-order valence-corrected chi connectivity index (χ3v) is 13.5. The number of carbonyl (C=O) groups is 1. The molecule has 2 aromatic heterocycles. The van der Waals surface area contributed by atoms with Crippen LogP contribution in [-0.2, 0) is 16.8 Å². The Balaban J connectivity index is 0.997. The Bertz CT molecular complexity index is 1990. The Morgan fingerprint density at radius 3 is 2.46 bits per heavy atom. The highest BCUT2D eigenvalue weighted by atomic mass is 35.5. The quantitative estimate of drug-likeness (QED) is 0.162. The zero-order chi connectivity index (χ0) is 34.6. The van der Waals surface area contributed by atoms with Crippen LogP contribution in [0.15, 0.2) is 34.9 Å². The Morgan fingerprint density at radius 1 is 1.06 bits per heavy atom.